The highest BCUT2D eigenvalue weighted by atomic mass is 19.1. The van der Waals surface area contributed by atoms with Crippen LogP contribution < -0.4 is 9.80 Å². The van der Waals surface area contributed by atoms with Gasteiger partial charge in [-0.05, 0) is 25.9 Å². The molecule has 0 aromatic carbocycles. The lowest BCUT2D eigenvalue weighted by Gasteiger charge is -2.28. The van der Waals surface area contributed by atoms with Gasteiger partial charge in [-0.2, -0.15) is 4.98 Å². The minimum absolute atomic E-state index is 0.357. The van der Waals surface area contributed by atoms with E-state index in [0.29, 0.717) is 55.9 Å². The summed E-state index contributed by atoms with van der Waals surface area (Å²) in [6, 6.07) is 0.463. The van der Waals surface area contributed by atoms with Crippen LogP contribution in [0.4, 0.5) is 16.2 Å². The van der Waals surface area contributed by atoms with E-state index < -0.39 is 0 Å². The second-order valence-electron chi connectivity index (χ2n) is 7.28. The van der Waals surface area contributed by atoms with Crippen molar-refractivity contribution < 1.29 is 9.13 Å². The molecule has 2 fully saturated rings. The molecule has 134 valence electrons. The van der Waals surface area contributed by atoms with Crippen molar-refractivity contribution in [3.05, 3.63) is 12.0 Å². The van der Waals surface area contributed by atoms with Crippen LogP contribution in [0.3, 0.4) is 0 Å². The monoisotopic (exact) mass is 337 g/mol. The van der Waals surface area contributed by atoms with Crippen molar-refractivity contribution in [2.45, 2.75) is 19.9 Å². The zero-order valence-corrected chi connectivity index (χ0v) is 15.1. The van der Waals surface area contributed by atoms with Crippen molar-refractivity contribution >= 4 is 11.8 Å². The summed E-state index contributed by atoms with van der Waals surface area (Å²) in [5.74, 6) is 1.82. The topological polar surface area (TPSA) is 44.7 Å². The van der Waals surface area contributed by atoms with Gasteiger partial charge in [-0.25, -0.2) is 9.37 Å². The SMILES string of the molecule is CC(C)[C@@H]1CN(c2ncc(F)c(N3CCOCC3)n2)C[C@H]1N(C)C. The normalized spacial score (nSPS) is 25.1. The third-order valence-electron chi connectivity index (χ3n) is 5.16. The van der Waals surface area contributed by atoms with Gasteiger partial charge in [-0.15, -0.1) is 0 Å². The first-order valence-corrected chi connectivity index (χ1v) is 8.74. The van der Waals surface area contributed by atoms with Gasteiger partial charge in [-0.1, -0.05) is 13.8 Å². The molecule has 0 amide bonds. The Labute approximate surface area is 143 Å². The van der Waals surface area contributed by atoms with Crippen LogP contribution in [0.1, 0.15) is 13.8 Å². The summed E-state index contributed by atoms with van der Waals surface area (Å²) in [7, 11) is 4.24. The summed E-state index contributed by atoms with van der Waals surface area (Å²) >= 11 is 0. The molecule has 0 unspecified atom stereocenters. The summed E-state index contributed by atoms with van der Waals surface area (Å²) in [6.07, 6.45) is 1.31. The largest absolute Gasteiger partial charge is 0.378 e. The van der Waals surface area contributed by atoms with Gasteiger partial charge in [-0.3, -0.25) is 0 Å². The highest BCUT2D eigenvalue weighted by Crippen LogP contribution is 2.30. The van der Waals surface area contributed by atoms with Crippen LogP contribution >= 0.6 is 0 Å². The number of likely N-dealkylation sites (N-methyl/N-ethyl adjacent to an activating group) is 1. The van der Waals surface area contributed by atoms with Gasteiger partial charge in [0.15, 0.2) is 11.6 Å². The molecule has 2 aliphatic heterocycles. The molecule has 0 bridgehead atoms. The Kier molecular flexibility index (Phi) is 5.20. The molecule has 0 aliphatic carbocycles. The molecular weight excluding hydrogens is 309 g/mol. The van der Waals surface area contributed by atoms with Crippen molar-refractivity contribution in [1.29, 1.82) is 0 Å². The lowest BCUT2D eigenvalue weighted by molar-refractivity contribution is 0.122. The molecule has 1 aromatic rings. The van der Waals surface area contributed by atoms with Crippen LogP contribution in [0.25, 0.3) is 0 Å². The predicted octanol–water partition coefficient (Wildman–Crippen LogP) is 1.47. The van der Waals surface area contributed by atoms with E-state index in [1.54, 1.807) is 0 Å². The fourth-order valence-corrected chi connectivity index (χ4v) is 3.67. The molecule has 1 aromatic heterocycles. The Morgan fingerprint density at radius 1 is 1.21 bits per heavy atom. The molecule has 0 radical (unpaired) electrons. The highest BCUT2D eigenvalue weighted by Gasteiger charge is 2.37. The van der Waals surface area contributed by atoms with Crippen LogP contribution in [0.5, 0.6) is 0 Å². The Hall–Kier alpha value is -1.47. The minimum Gasteiger partial charge on any atom is -0.378 e. The highest BCUT2D eigenvalue weighted by molar-refractivity contribution is 5.46. The fourth-order valence-electron chi connectivity index (χ4n) is 3.67. The van der Waals surface area contributed by atoms with E-state index in [9.17, 15) is 4.39 Å². The molecule has 7 heteroatoms. The van der Waals surface area contributed by atoms with Gasteiger partial charge in [0.25, 0.3) is 0 Å². The van der Waals surface area contributed by atoms with E-state index >= 15 is 0 Å². The third kappa shape index (κ3) is 3.47. The Morgan fingerprint density at radius 2 is 1.92 bits per heavy atom. The lowest BCUT2D eigenvalue weighted by atomic mass is 9.91. The predicted molar refractivity (Wildman–Crippen MR) is 93.0 cm³/mol. The van der Waals surface area contributed by atoms with Gasteiger partial charge in [0, 0.05) is 32.2 Å². The molecule has 3 rings (SSSR count). The Morgan fingerprint density at radius 3 is 2.50 bits per heavy atom. The quantitative estimate of drug-likeness (QED) is 0.829. The van der Waals surface area contributed by atoms with Crippen LogP contribution in [0.15, 0.2) is 6.20 Å². The van der Waals surface area contributed by atoms with Gasteiger partial charge in [0.05, 0.1) is 19.4 Å². The number of rotatable bonds is 4. The van der Waals surface area contributed by atoms with Crippen LogP contribution in [0, 0.1) is 17.7 Å². The molecule has 24 heavy (non-hydrogen) atoms. The van der Waals surface area contributed by atoms with E-state index in [2.05, 4.69) is 47.7 Å². The first-order valence-electron chi connectivity index (χ1n) is 8.74. The molecule has 0 saturated carbocycles. The second-order valence-corrected chi connectivity index (χ2v) is 7.28. The summed E-state index contributed by atoms with van der Waals surface area (Å²) in [5, 5.41) is 0. The van der Waals surface area contributed by atoms with Gasteiger partial charge in [0.1, 0.15) is 0 Å². The smallest absolute Gasteiger partial charge is 0.227 e. The number of halogens is 1. The van der Waals surface area contributed by atoms with Gasteiger partial charge < -0.3 is 19.4 Å². The zero-order chi connectivity index (χ0) is 17.3. The molecule has 2 atom stereocenters. The van der Waals surface area contributed by atoms with E-state index in [4.69, 9.17) is 4.74 Å². The molecule has 2 aliphatic rings. The third-order valence-corrected chi connectivity index (χ3v) is 5.16. The molecule has 2 saturated heterocycles. The van der Waals surface area contributed by atoms with Gasteiger partial charge >= 0.3 is 0 Å². The average molecular weight is 337 g/mol. The summed E-state index contributed by atoms with van der Waals surface area (Å²) in [6.45, 7) is 8.87. The molecule has 3 heterocycles. The van der Waals surface area contributed by atoms with Crippen LogP contribution in [0.2, 0.25) is 0 Å². The Bertz CT molecular complexity index is 546. The van der Waals surface area contributed by atoms with Gasteiger partial charge in [0.2, 0.25) is 5.95 Å². The fraction of sp³-hybridized carbons (Fsp3) is 0.765. The van der Waals surface area contributed by atoms with E-state index in [1.165, 1.54) is 6.20 Å². The maximum atomic E-state index is 14.2. The maximum Gasteiger partial charge on any atom is 0.227 e. The standard InChI is InChI=1S/C17H28FN5O/c1-12(2)13-10-23(11-15(13)21(3)4)17-19-9-14(18)16(20-17)22-5-7-24-8-6-22/h9,12-13,15H,5-8,10-11H2,1-4H3/t13-,15+/m0/s1. The van der Waals surface area contributed by atoms with Crippen molar-refractivity contribution in [2.24, 2.45) is 11.8 Å². The van der Waals surface area contributed by atoms with Crippen LogP contribution in [-0.4, -0.2) is 74.4 Å². The minimum atomic E-state index is -0.357. The number of nitrogens with zero attached hydrogens (tertiary/aromatic N) is 5. The number of aromatic nitrogens is 2. The first kappa shape index (κ1) is 17.4. The number of morpholine rings is 1. The van der Waals surface area contributed by atoms with Crippen molar-refractivity contribution in [2.75, 3.05) is 63.3 Å². The molecule has 0 N–H and O–H groups in total. The number of anilines is 2. The summed E-state index contributed by atoms with van der Waals surface area (Å²) < 4.78 is 19.6. The number of ether oxygens (including phenoxy) is 1. The molecule has 6 nitrogen and oxygen atoms in total. The van der Waals surface area contributed by atoms with E-state index in [0.717, 1.165) is 13.1 Å². The maximum absolute atomic E-state index is 14.2. The number of hydrogen-bond donors (Lipinski definition) is 0. The van der Waals surface area contributed by atoms with Crippen molar-refractivity contribution in [3.63, 3.8) is 0 Å². The van der Waals surface area contributed by atoms with Crippen LogP contribution in [-0.2, 0) is 4.74 Å². The lowest BCUT2D eigenvalue weighted by Crippen LogP contribution is -2.38. The van der Waals surface area contributed by atoms with E-state index in [-0.39, 0.29) is 5.82 Å². The summed E-state index contributed by atoms with van der Waals surface area (Å²) in [4.78, 5) is 15.2. The molecule has 0 spiro atoms. The second kappa shape index (κ2) is 7.19. The average Bonchev–Trinajstić information content (AvgIpc) is 3.02. The molecular formula is C17H28FN5O. The van der Waals surface area contributed by atoms with E-state index in [1.807, 2.05) is 4.90 Å². The zero-order valence-electron chi connectivity index (χ0n) is 15.1. The summed E-state index contributed by atoms with van der Waals surface area (Å²) in [5.41, 5.74) is 0. The first-order chi connectivity index (χ1) is 11.5. The number of hydrogen-bond acceptors (Lipinski definition) is 6. The van der Waals surface area contributed by atoms with Crippen molar-refractivity contribution in [3.8, 4) is 0 Å². The Balaban J connectivity index is 1.82. The van der Waals surface area contributed by atoms with Crippen molar-refractivity contribution in [1.82, 2.24) is 14.9 Å².